The van der Waals surface area contributed by atoms with Crippen LogP contribution in [0.5, 0.6) is 0 Å². The van der Waals surface area contributed by atoms with E-state index < -0.39 is 37.1 Å². The van der Waals surface area contributed by atoms with Crippen LogP contribution in [0.4, 0.5) is 10.1 Å². The fourth-order valence-electron chi connectivity index (χ4n) is 1.79. The van der Waals surface area contributed by atoms with Gasteiger partial charge in [-0.05, 0) is 30.3 Å². The van der Waals surface area contributed by atoms with Gasteiger partial charge in [0, 0.05) is 22.0 Å². The molecule has 8 heteroatoms. The predicted molar refractivity (Wildman–Crippen MR) is 80.7 cm³/mol. The Hall–Kier alpha value is -2.24. The third-order valence-electron chi connectivity index (χ3n) is 2.79. The molecule has 0 heterocycles. The van der Waals surface area contributed by atoms with Gasteiger partial charge in [-0.1, -0.05) is 12.1 Å². The molecule has 0 aliphatic heterocycles. The van der Waals surface area contributed by atoms with Crippen molar-refractivity contribution in [1.29, 1.82) is 5.26 Å². The topological polar surface area (TPSA) is 87.0 Å². The van der Waals surface area contributed by atoms with Gasteiger partial charge in [0.1, 0.15) is 22.3 Å². The Balaban J connectivity index is 2.45. The van der Waals surface area contributed by atoms with E-state index in [4.69, 9.17) is 5.26 Å². The standard InChI is InChI=1S/C14H11FN2O3S2/c1-21(18)11-5-2-4-10(8-11)17-22(19,20)14-7-3-6-13(15)12(14)9-16/h2-8,17H,1H3/t21-/m0/s1. The third kappa shape index (κ3) is 3.32. The Morgan fingerprint density at radius 1 is 1.23 bits per heavy atom. The zero-order valence-corrected chi connectivity index (χ0v) is 13.0. The number of nitriles is 1. The Bertz CT molecular complexity index is 889. The summed E-state index contributed by atoms with van der Waals surface area (Å²) in [5.41, 5.74) is -0.369. The molecule has 2 aromatic carbocycles. The quantitative estimate of drug-likeness (QED) is 0.926. The first-order chi connectivity index (χ1) is 10.3. The van der Waals surface area contributed by atoms with Gasteiger partial charge in [-0.15, -0.1) is 0 Å². The Morgan fingerprint density at radius 2 is 1.91 bits per heavy atom. The number of sulfonamides is 1. The van der Waals surface area contributed by atoms with Gasteiger partial charge in [0.05, 0.1) is 5.69 Å². The van der Waals surface area contributed by atoms with Crippen molar-refractivity contribution in [3.05, 3.63) is 53.8 Å². The average molecular weight is 338 g/mol. The number of halogens is 1. The van der Waals surface area contributed by atoms with Crippen LogP contribution < -0.4 is 4.72 Å². The van der Waals surface area contributed by atoms with E-state index in [0.29, 0.717) is 4.90 Å². The lowest BCUT2D eigenvalue weighted by Crippen LogP contribution is -2.15. The van der Waals surface area contributed by atoms with E-state index >= 15 is 0 Å². The first-order valence-corrected chi connectivity index (χ1v) is 9.04. The summed E-state index contributed by atoms with van der Waals surface area (Å²) in [5, 5.41) is 8.92. The van der Waals surface area contributed by atoms with E-state index in [-0.39, 0.29) is 5.69 Å². The fourth-order valence-corrected chi connectivity index (χ4v) is 3.57. The monoisotopic (exact) mass is 338 g/mol. The van der Waals surface area contributed by atoms with Crippen LogP contribution in [0.3, 0.4) is 0 Å². The van der Waals surface area contributed by atoms with E-state index in [2.05, 4.69) is 4.72 Å². The molecule has 0 unspecified atom stereocenters. The summed E-state index contributed by atoms with van der Waals surface area (Å²) in [6.07, 6.45) is 1.47. The van der Waals surface area contributed by atoms with Crippen molar-refractivity contribution >= 4 is 26.5 Å². The average Bonchev–Trinajstić information content (AvgIpc) is 2.46. The highest BCUT2D eigenvalue weighted by Gasteiger charge is 2.21. The van der Waals surface area contributed by atoms with Crippen molar-refractivity contribution < 1.29 is 17.0 Å². The first-order valence-electron chi connectivity index (χ1n) is 6.00. The van der Waals surface area contributed by atoms with E-state index in [1.165, 1.54) is 24.5 Å². The highest BCUT2D eigenvalue weighted by molar-refractivity contribution is 7.92. The fraction of sp³-hybridized carbons (Fsp3) is 0.0714. The number of benzene rings is 2. The number of nitrogens with one attached hydrogen (secondary N) is 1. The molecule has 22 heavy (non-hydrogen) atoms. The summed E-state index contributed by atoms with van der Waals surface area (Å²) in [5.74, 6) is -0.909. The van der Waals surface area contributed by atoms with Crippen LogP contribution in [-0.2, 0) is 20.8 Å². The molecule has 0 radical (unpaired) electrons. The molecule has 1 N–H and O–H groups in total. The molecule has 0 saturated carbocycles. The van der Waals surface area contributed by atoms with Gasteiger partial charge in [-0.2, -0.15) is 5.26 Å². The molecular formula is C14H11FN2O3S2. The van der Waals surface area contributed by atoms with Gasteiger partial charge < -0.3 is 0 Å². The molecule has 0 spiro atoms. The van der Waals surface area contributed by atoms with Gasteiger partial charge in [0.2, 0.25) is 0 Å². The number of anilines is 1. The summed E-state index contributed by atoms with van der Waals surface area (Å²) in [6.45, 7) is 0. The normalized spacial score (nSPS) is 12.4. The van der Waals surface area contributed by atoms with E-state index in [1.54, 1.807) is 18.2 Å². The second-order valence-electron chi connectivity index (χ2n) is 4.31. The molecule has 0 aliphatic carbocycles. The van der Waals surface area contributed by atoms with Crippen molar-refractivity contribution in [2.75, 3.05) is 11.0 Å². The maximum absolute atomic E-state index is 13.5. The van der Waals surface area contributed by atoms with Crippen molar-refractivity contribution in [1.82, 2.24) is 0 Å². The predicted octanol–water partition coefficient (Wildman–Crippen LogP) is 2.24. The smallest absolute Gasteiger partial charge is 0.263 e. The highest BCUT2D eigenvalue weighted by atomic mass is 32.2. The minimum Gasteiger partial charge on any atom is -0.280 e. The summed E-state index contributed by atoms with van der Waals surface area (Å²) in [7, 11) is -5.40. The minimum absolute atomic E-state index is 0.181. The van der Waals surface area contributed by atoms with Gasteiger partial charge >= 0.3 is 0 Å². The first kappa shape index (κ1) is 16.1. The lowest BCUT2D eigenvalue weighted by Gasteiger charge is -2.10. The van der Waals surface area contributed by atoms with Gasteiger partial charge in [0.25, 0.3) is 10.0 Å². The van der Waals surface area contributed by atoms with Crippen LogP contribution in [-0.4, -0.2) is 18.9 Å². The molecule has 0 aromatic heterocycles. The lowest BCUT2D eigenvalue weighted by atomic mass is 10.2. The zero-order valence-electron chi connectivity index (χ0n) is 11.4. The Kier molecular flexibility index (Phi) is 4.59. The number of hydrogen-bond donors (Lipinski definition) is 1. The minimum atomic E-state index is -4.13. The second kappa shape index (κ2) is 6.25. The van der Waals surface area contributed by atoms with Crippen LogP contribution >= 0.6 is 0 Å². The molecular weight excluding hydrogens is 327 g/mol. The number of nitrogens with zero attached hydrogens (tertiary/aromatic N) is 1. The largest absolute Gasteiger partial charge is 0.280 e. The van der Waals surface area contributed by atoms with E-state index in [9.17, 15) is 17.0 Å². The summed E-state index contributed by atoms with van der Waals surface area (Å²) in [6, 6.07) is 10.9. The molecule has 0 fully saturated rings. The molecule has 1 atom stereocenters. The highest BCUT2D eigenvalue weighted by Crippen LogP contribution is 2.22. The van der Waals surface area contributed by atoms with E-state index in [1.807, 2.05) is 0 Å². The molecule has 0 bridgehead atoms. The molecule has 0 saturated heterocycles. The zero-order chi connectivity index (χ0) is 16.3. The summed E-state index contributed by atoms with van der Waals surface area (Å²) in [4.78, 5) is -0.00188. The Labute approximate surface area is 129 Å². The van der Waals surface area contributed by atoms with Crippen LogP contribution in [0, 0.1) is 17.1 Å². The van der Waals surface area contributed by atoms with Gasteiger partial charge in [0.15, 0.2) is 0 Å². The van der Waals surface area contributed by atoms with E-state index in [0.717, 1.165) is 12.1 Å². The molecule has 0 amide bonds. The maximum Gasteiger partial charge on any atom is 0.263 e. The van der Waals surface area contributed by atoms with Crippen molar-refractivity contribution in [2.24, 2.45) is 0 Å². The Morgan fingerprint density at radius 3 is 2.55 bits per heavy atom. The molecule has 114 valence electrons. The summed E-state index contributed by atoms with van der Waals surface area (Å²) < 4.78 is 51.8. The van der Waals surface area contributed by atoms with Crippen LogP contribution in [0.25, 0.3) is 0 Å². The van der Waals surface area contributed by atoms with Crippen molar-refractivity contribution in [3.63, 3.8) is 0 Å². The molecule has 5 nitrogen and oxygen atoms in total. The maximum atomic E-state index is 13.5. The molecule has 2 aromatic rings. The number of rotatable bonds is 4. The molecule has 2 rings (SSSR count). The summed E-state index contributed by atoms with van der Waals surface area (Å²) >= 11 is 0. The van der Waals surface area contributed by atoms with Crippen molar-refractivity contribution in [3.8, 4) is 6.07 Å². The number of hydrogen-bond acceptors (Lipinski definition) is 4. The van der Waals surface area contributed by atoms with Crippen molar-refractivity contribution in [2.45, 2.75) is 9.79 Å². The van der Waals surface area contributed by atoms with Crippen LogP contribution in [0.15, 0.2) is 52.3 Å². The van der Waals surface area contributed by atoms with Crippen LogP contribution in [0.1, 0.15) is 5.56 Å². The van der Waals surface area contributed by atoms with Gasteiger partial charge in [-0.25, -0.2) is 12.8 Å². The third-order valence-corrected chi connectivity index (χ3v) is 5.14. The lowest BCUT2D eigenvalue weighted by molar-refractivity contribution is 0.593. The SMILES string of the molecule is C[S@](=O)c1cccc(NS(=O)(=O)c2cccc(F)c2C#N)c1. The van der Waals surface area contributed by atoms with Gasteiger partial charge in [-0.3, -0.25) is 8.93 Å². The molecule has 0 aliphatic rings. The second-order valence-corrected chi connectivity index (χ2v) is 7.34. The van der Waals surface area contributed by atoms with Crippen LogP contribution in [0.2, 0.25) is 0 Å².